The van der Waals surface area contributed by atoms with E-state index in [-0.39, 0.29) is 5.41 Å². The predicted octanol–water partition coefficient (Wildman–Crippen LogP) is 12.5. The van der Waals surface area contributed by atoms with Crippen LogP contribution in [0.1, 0.15) is 27.8 Å². The van der Waals surface area contributed by atoms with E-state index >= 15 is 0 Å². The predicted molar refractivity (Wildman–Crippen MR) is 216 cm³/mol. The van der Waals surface area contributed by atoms with Crippen LogP contribution in [-0.2, 0) is 5.41 Å². The molecule has 2 aromatic heterocycles. The Balaban J connectivity index is 1.17. The molecule has 12 rings (SSSR count). The van der Waals surface area contributed by atoms with Crippen LogP contribution in [0.2, 0.25) is 0 Å². The fourth-order valence-electron chi connectivity index (χ4n) is 9.90. The van der Waals surface area contributed by atoms with E-state index in [1.807, 2.05) is 0 Å². The number of aromatic nitrogens is 2. The molecular weight excluding hydrogens is 629 g/mol. The summed E-state index contributed by atoms with van der Waals surface area (Å²) in [4.78, 5) is 0. The molecule has 0 saturated carbocycles. The Morgan fingerprint density at radius 2 is 0.788 bits per heavy atom. The zero-order valence-corrected chi connectivity index (χ0v) is 28.6. The molecule has 0 unspecified atom stereocenters. The fraction of sp³-hybridized carbons (Fsp3) is 0.0400. The summed E-state index contributed by atoms with van der Waals surface area (Å²) >= 11 is 0. The van der Waals surface area contributed by atoms with Crippen molar-refractivity contribution in [3.05, 3.63) is 204 Å². The molecule has 2 heteroatoms. The maximum atomic E-state index is 2.53. The first-order valence-electron chi connectivity index (χ1n) is 18.2. The average Bonchev–Trinajstić information content (AvgIpc) is 3.89. The maximum Gasteiger partial charge on any atom is 0.0725 e. The number of hydrogen-bond acceptors (Lipinski definition) is 0. The smallest absolute Gasteiger partial charge is 0.0725 e. The van der Waals surface area contributed by atoms with Crippen molar-refractivity contribution in [1.29, 1.82) is 0 Å². The minimum absolute atomic E-state index is 0.368. The molecule has 0 aliphatic heterocycles. The summed E-state index contributed by atoms with van der Waals surface area (Å²) in [6, 6.07) is 65.9. The summed E-state index contributed by atoms with van der Waals surface area (Å²) in [6.45, 7) is 2.15. The molecule has 2 aliphatic rings. The number of fused-ring (bicyclic) bond motifs is 16. The highest BCUT2D eigenvalue weighted by Gasteiger charge is 2.51. The van der Waals surface area contributed by atoms with Gasteiger partial charge in [-0.2, -0.15) is 0 Å². The van der Waals surface area contributed by atoms with Gasteiger partial charge in [0.1, 0.15) is 0 Å². The van der Waals surface area contributed by atoms with E-state index in [4.69, 9.17) is 0 Å². The molecular formula is C50H32N2. The second-order valence-corrected chi connectivity index (χ2v) is 14.5. The van der Waals surface area contributed by atoms with Gasteiger partial charge in [0.05, 0.1) is 27.5 Å². The summed E-state index contributed by atoms with van der Waals surface area (Å²) in [5, 5.41) is 5.07. The van der Waals surface area contributed by atoms with Crippen molar-refractivity contribution in [3.63, 3.8) is 0 Å². The van der Waals surface area contributed by atoms with Crippen LogP contribution in [0.25, 0.3) is 77.2 Å². The summed E-state index contributed by atoms with van der Waals surface area (Å²) < 4.78 is 4.90. The Morgan fingerprint density at radius 3 is 1.40 bits per heavy atom. The first kappa shape index (κ1) is 28.1. The third kappa shape index (κ3) is 3.40. The van der Waals surface area contributed by atoms with Gasteiger partial charge in [0, 0.05) is 32.9 Å². The molecule has 0 amide bonds. The molecule has 0 saturated heterocycles. The van der Waals surface area contributed by atoms with Gasteiger partial charge < -0.3 is 9.13 Å². The zero-order chi connectivity index (χ0) is 34.1. The van der Waals surface area contributed by atoms with Gasteiger partial charge in [-0.15, -0.1) is 0 Å². The standard InChI is InChI=1S/C50H32N2/c1-31-22-24-32(25-23-31)51-46-20-10-5-15-37(46)40-28-33(26-27-48(40)51)52-47-21-11-6-16-38(47)41-29-45-39(30-49(41)52)36-14-4-9-19-44(36)50(45)42-17-7-2-12-34(42)35-13-3-8-18-43(35)50/h2-30H,1H3. The van der Waals surface area contributed by atoms with Gasteiger partial charge in [-0.05, 0) is 106 Å². The van der Waals surface area contributed by atoms with E-state index in [9.17, 15) is 0 Å². The minimum atomic E-state index is -0.368. The molecule has 0 atom stereocenters. The quantitative estimate of drug-likeness (QED) is 0.175. The highest BCUT2D eigenvalue weighted by atomic mass is 15.0. The monoisotopic (exact) mass is 660 g/mol. The third-order valence-corrected chi connectivity index (χ3v) is 12.0. The molecule has 242 valence electrons. The Bertz CT molecular complexity index is 3090. The Labute approximate surface area is 301 Å². The first-order chi connectivity index (χ1) is 25.7. The van der Waals surface area contributed by atoms with Crippen LogP contribution < -0.4 is 0 Å². The van der Waals surface area contributed by atoms with Crippen LogP contribution in [-0.4, -0.2) is 9.13 Å². The van der Waals surface area contributed by atoms with Crippen molar-refractivity contribution in [3.8, 4) is 33.6 Å². The maximum absolute atomic E-state index is 2.53. The largest absolute Gasteiger partial charge is 0.309 e. The van der Waals surface area contributed by atoms with Crippen LogP contribution in [0.15, 0.2) is 176 Å². The average molecular weight is 661 g/mol. The molecule has 0 radical (unpaired) electrons. The number of benzene rings is 8. The van der Waals surface area contributed by atoms with Crippen LogP contribution in [0, 0.1) is 6.92 Å². The fourth-order valence-corrected chi connectivity index (χ4v) is 9.90. The van der Waals surface area contributed by atoms with Crippen molar-refractivity contribution >= 4 is 43.6 Å². The molecule has 2 nitrogen and oxygen atoms in total. The Morgan fingerprint density at radius 1 is 0.327 bits per heavy atom. The lowest BCUT2D eigenvalue weighted by Crippen LogP contribution is -2.25. The van der Waals surface area contributed by atoms with Crippen LogP contribution in [0.5, 0.6) is 0 Å². The van der Waals surface area contributed by atoms with Gasteiger partial charge in [-0.25, -0.2) is 0 Å². The normalized spacial score (nSPS) is 13.6. The van der Waals surface area contributed by atoms with E-state index < -0.39 is 0 Å². The number of rotatable bonds is 2. The van der Waals surface area contributed by atoms with Crippen LogP contribution >= 0.6 is 0 Å². The molecule has 2 aliphatic carbocycles. The van der Waals surface area contributed by atoms with Crippen molar-refractivity contribution < 1.29 is 0 Å². The second kappa shape index (κ2) is 9.99. The summed E-state index contributed by atoms with van der Waals surface area (Å²) in [7, 11) is 0. The second-order valence-electron chi connectivity index (χ2n) is 14.5. The number of para-hydroxylation sites is 2. The van der Waals surface area contributed by atoms with E-state index in [0.717, 1.165) is 0 Å². The van der Waals surface area contributed by atoms with Gasteiger partial charge in [-0.3, -0.25) is 0 Å². The van der Waals surface area contributed by atoms with Crippen LogP contribution in [0.3, 0.4) is 0 Å². The first-order valence-corrected chi connectivity index (χ1v) is 18.2. The van der Waals surface area contributed by atoms with E-state index in [0.29, 0.717) is 0 Å². The zero-order valence-electron chi connectivity index (χ0n) is 28.6. The van der Waals surface area contributed by atoms with Crippen LogP contribution in [0.4, 0.5) is 0 Å². The lowest BCUT2D eigenvalue weighted by atomic mass is 9.70. The van der Waals surface area contributed by atoms with E-state index in [2.05, 4.69) is 192 Å². The number of hydrogen-bond donors (Lipinski definition) is 0. The molecule has 2 heterocycles. The van der Waals surface area contributed by atoms with Crippen molar-refractivity contribution in [2.24, 2.45) is 0 Å². The Kier molecular flexibility index (Phi) is 5.40. The SMILES string of the molecule is Cc1ccc(-n2c3ccccc3c3cc(-n4c5ccccc5c5cc6c(cc54)-c4ccccc4C64c5ccccc5-c5ccccc54)ccc32)cc1. The van der Waals surface area contributed by atoms with E-state index in [1.165, 1.54) is 105 Å². The highest BCUT2D eigenvalue weighted by molar-refractivity contribution is 6.14. The molecule has 0 bridgehead atoms. The van der Waals surface area contributed by atoms with Crippen molar-refractivity contribution in [2.75, 3.05) is 0 Å². The van der Waals surface area contributed by atoms with Crippen molar-refractivity contribution in [2.45, 2.75) is 12.3 Å². The summed E-state index contributed by atoms with van der Waals surface area (Å²) in [6.07, 6.45) is 0. The minimum Gasteiger partial charge on any atom is -0.309 e. The van der Waals surface area contributed by atoms with Crippen molar-refractivity contribution in [1.82, 2.24) is 9.13 Å². The third-order valence-electron chi connectivity index (χ3n) is 12.0. The van der Waals surface area contributed by atoms with Gasteiger partial charge in [0.25, 0.3) is 0 Å². The van der Waals surface area contributed by atoms with Gasteiger partial charge >= 0.3 is 0 Å². The topological polar surface area (TPSA) is 9.86 Å². The van der Waals surface area contributed by atoms with E-state index in [1.54, 1.807) is 0 Å². The highest BCUT2D eigenvalue weighted by Crippen LogP contribution is 2.63. The number of aryl methyl sites for hydroxylation is 1. The summed E-state index contributed by atoms with van der Waals surface area (Å²) in [5.74, 6) is 0. The molecule has 0 fully saturated rings. The molecule has 52 heavy (non-hydrogen) atoms. The molecule has 1 spiro atoms. The van der Waals surface area contributed by atoms with Gasteiger partial charge in [-0.1, -0.05) is 127 Å². The molecule has 0 N–H and O–H groups in total. The number of nitrogens with zero attached hydrogens (tertiary/aromatic N) is 2. The van der Waals surface area contributed by atoms with Gasteiger partial charge in [0.2, 0.25) is 0 Å². The van der Waals surface area contributed by atoms with Gasteiger partial charge in [0.15, 0.2) is 0 Å². The molecule has 10 aromatic rings. The Hall–Kier alpha value is -6.64. The summed E-state index contributed by atoms with van der Waals surface area (Å²) in [5.41, 5.74) is 18.9. The lowest BCUT2D eigenvalue weighted by Gasteiger charge is -2.30. The lowest BCUT2D eigenvalue weighted by molar-refractivity contribution is 0.795. The molecule has 8 aromatic carbocycles.